The molecule has 0 saturated carbocycles. The van der Waals surface area contributed by atoms with E-state index in [9.17, 15) is 13.2 Å². The van der Waals surface area contributed by atoms with Gasteiger partial charge in [-0.25, -0.2) is 8.42 Å². The summed E-state index contributed by atoms with van der Waals surface area (Å²) in [6, 6.07) is 2.36. The van der Waals surface area contributed by atoms with Crippen molar-refractivity contribution in [3.63, 3.8) is 0 Å². The molecule has 1 aromatic heterocycles. The first kappa shape index (κ1) is 17.5. The predicted molar refractivity (Wildman–Crippen MR) is 99.2 cm³/mol. The van der Waals surface area contributed by atoms with E-state index in [4.69, 9.17) is 0 Å². The molecule has 0 spiro atoms. The number of hydrogen-bond donors (Lipinski definition) is 1. The molecule has 3 heterocycles. The van der Waals surface area contributed by atoms with Gasteiger partial charge in [-0.05, 0) is 36.8 Å². The molecule has 2 fully saturated rings. The highest BCUT2D eigenvalue weighted by Crippen LogP contribution is 2.32. The third-order valence-corrected chi connectivity index (χ3v) is 9.04. The van der Waals surface area contributed by atoms with Gasteiger partial charge in [0.05, 0.1) is 36.8 Å². The quantitative estimate of drug-likeness (QED) is 0.804. The van der Waals surface area contributed by atoms with Gasteiger partial charge in [0, 0.05) is 11.3 Å². The number of fused-ring (bicyclic) bond motifs is 1. The van der Waals surface area contributed by atoms with Crippen molar-refractivity contribution in [2.45, 2.75) is 38.6 Å². The van der Waals surface area contributed by atoms with Crippen LogP contribution in [0, 0.1) is 5.92 Å². The van der Waals surface area contributed by atoms with Gasteiger partial charge in [0.15, 0.2) is 9.84 Å². The molecule has 25 heavy (non-hydrogen) atoms. The zero-order valence-electron chi connectivity index (χ0n) is 14.8. The first-order valence-corrected chi connectivity index (χ1v) is 12.0. The summed E-state index contributed by atoms with van der Waals surface area (Å²) in [5.41, 5.74) is 1.38. The zero-order valence-corrected chi connectivity index (χ0v) is 16.4. The molecule has 2 atom stereocenters. The van der Waals surface area contributed by atoms with Gasteiger partial charge in [0.2, 0.25) is 0 Å². The second kappa shape index (κ2) is 6.67. The molecule has 0 bridgehead atoms. The topological polar surface area (TPSA) is 58.9 Å². The van der Waals surface area contributed by atoms with E-state index in [1.54, 1.807) is 11.3 Å². The fourth-order valence-corrected chi connectivity index (χ4v) is 7.49. The fraction of sp³-hybridized carbons (Fsp3) is 0.722. The molecule has 7 heteroatoms. The first-order valence-electron chi connectivity index (χ1n) is 9.37. The minimum atomic E-state index is -2.82. The maximum atomic E-state index is 12.9. The van der Waals surface area contributed by atoms with Crippen LogP contribution in [0.25, 0.3) is 0 Å². The summed E-state index contributed by atoms with van der Waals surface area (Å²) in [5.74, 6) is 1.56. The van der Waals surface area contributed by atoms with E-state index in [0.717, 1.165) is 56.2 Å². The summed E-state index contributed by atoms with van der Waals surface area (Å²) in [4.78, 5) is 18.5. The first-order chi connectivity index (χ1) is 11.9. The van der Waals surface area contributed by atoms with Crippen LogP contribution in [0.4, 0.5) is 0 Å². The Hall–Kier alpha value is -0.920. The van der Waals surface area contributed by atoms with Crippen molar-refractivity contribution >= 4 is 27.1 Å². The van der Waals surface area contributed by atoms with E-state index in [-0.39, 0.29) is 11.9 Å². The van der Waals surface area contributed by atoms with Gasteiger partial charge < -0.3 is 9.80 Å². The van der Waals surface area contributed by atoms with Crippen LogP contribution in [0.2, 0.25) is 0 Å². The number of piperazine rings is 1. The number of thiophene rings is 1. The van der Waals surface area contributed by atoms with E-state index in [2.05, 4.69) is 13.0 Å². The van der Waals surface area contributed by atoms with E-state index in [1.165, 1.54) is 21.8 Å². The molecular weight excluding hydrogens is 356 g/mol. The summed E-state index contributed by atoms with van der Waals surface area (Å²) in [7, 11) is -2.82. The largest absolute Gasteiger partial charge is 0.329 e. The Morgan fingerprint density at radius 1 is 1.28 bits per heavy atom. The van der Waals surface area contributed by atoms with Gasteiger partial charge >= 0.3 is 0 Å². The van der Waals surface area contributed by atoms with Gasteiger partial charge in [0.25, 0.3) is 5.91 Å². The monoisotopic (exact) mass is 383 g/mol. The average molecular weight is 384 g/mol. The van der Waals surface area contributed by atoms with Crippen LogP contribution in [0.5, 0.6) is 0 Å². The maximum Gasteiger partial charge on any atom is 0.264 e. The average Bonchev–Trinajstić information content (AvgIpc) is 3.17. The van der Waals surface area contributed by atoms with Crippen molar-refractivity contribution in [1.29, 1.82) is 0 Å². The lowest BCUT2D eigenvalue weighted by molar-refractivity contribution is -0.925. The van der Waals surface area contributed by atoms with Crippen LogP contribution >= 0.6 is 11.3 Å². The number of nitrogens with one attached hydrogen (secondary N) is 1. The van der Waals surface area contributed by atoms with Gasteiger partial charge in [-0.15, -0.1) is 11.3 Å². The molecule has 1 aromatic rings. The van der Waals surface area contributed by atoms with Crippen molar-refractivity contribution in [1.82, 2.24) is 4.90 Å². The molecular formula is C18H27N2O3S2+. The number of nitrogens with zero attached hydrogens (tertiary/aromatic N) is 1. The number of quaternary nitrogens is 1. The molecule has 0 radical (unpaired) electrons. The third kappa shape index (κ3) is 3.64. The van der Waals surface area contributed by atoms with Crippen molar-refractivity contribution < 1.29 is 18.1 Å². The molecule has 5 nitrogen and oxygen atoms in total. The van der Waals surface area contributed by atoms with E-state index < -0.39 is 9.84 Å². The molecule has 1 amide bonds. The van der Waals surface area contributed by atoms with Crippen molar-refractivity contribution in [3.8, 4) is 0 Å². The van der Waals surface area contributed by atoms with Gasteiger partial charge in [-0.3, -0.25) is 4.79 Å². The van der Waals surface area contributed by atoms with Crippen LogP contribution in [0.15, 0.2) is 6.07 Å². The fourth-order valence-electron chi connectivity index (χ4n) is 4.49. The number of hydrogen-bond acceptors (Lipinski definition) is 4. The maximum absolute atomic E-state index is 12.9. The molecule has 3 aliphatic rings. The van der Waals surface area contributed by atoms with Crippen LogP contribution in [0.3, 0.4) is 0 Å². The molecule has 138 valence electrons. The highest BCUT2D eigenvalue weighted by molar-refractivity contribution is 7.91. The summed E-state index contributed by atoms with van der Waals surface area (Å²) in [6.45, 7) is 5.50. The number of aryl methyl sites for hydroxylation is 1. The predicted octanol–water partition coefficient (Wildman–Crippen LogP) is 0.401. The lowest BCUT2D eigenvalue weighted by Gasteiger charge is -2.34. The number of sulfone groups is 1. The van der Waals surface area contributed by atoms with E-state index in [1.807, 2.05) is 4.90 Å². The normalized spacial score (nSPS) is 29.6. The van der Waals surface area contributed by atoms with Crippen LogP contribution in [-0.2, 0) is 22.7 Å². The van der Waals surface area contributed by atoms with Crippen LogP contribution < -0.4 is 4.90 Å². The second-order valence-electron chi connectivity index (χ2n) is 7.96. The van der Waals surface area contributed by atoms with Gasteiger partial charge in [0.1, 0.15) is 11.8 Å². The van der Waals surface area contributed by atoms with Gasteiger partial charge in [-0.2, -0.15) is 0 Å². The minimum absolute atomic E-state index is 0.171. The SMILES string of the molecule is C[C@@H]1CCc2sc(C(=O)N3CC[NH+]([C@@H]4CCS(=O)(=O)C4)CC3)cc2C1. The summed E-state index contributed by atoms with van der Waals surface area (Å²) >= 11 is 1.69. The Kier molecular flexibility index (Phi) is 4.67. The van der Waals surface area contributed by atoms with Crippen LogP contribution in [0.1, 0.15) is 39.9 Å². The molecule has 0 aromatic carbocycles. The number of carbonyl (C=O) groups excluding carboxylic acids is 1. The molecule has 1 N–H and O–H groups in total. The summed E-state index contributed by atoms with van der Waals surface area (Å²) in [6.07, 6.45) is 4.23. The standard InChI is InChI=1S/C18H26N2O3S2/c1-13-2-3-16-14(10-13)11-17(24-16)18(21)20-7-5-19(6-8-20)15-4-9-25(22,23)12-15/h11,13,15H,2-10,12H2,1H3/p+1/t13-,15-/m1/s1. The Morgan fingerprint density at radius 3 is 2.72 bits per heavy atom. The molecule has 4 rings (SSSR count). The lowest BCUT2D eigenvalue weighted by Crippen LogP contribution is -3.18. The Bertz CT molecular complexity index is 763. The molecule has 2 saturated heterocycles. The molecule has 1 aliphatic carbocycles. The van der Waals surface area contributed by atoms with E-state index in [0.29, 0.717) is 11.5 Å². The minimum Gasteiger partial charge on any atom is -0.329 e. The summed E-state index contributed by atoms with van der Waals surface area (Å²) in [5, 5.41) is 0. The smallest absolute Gasteiger partial charge is 0.264 e. The highest BCUT2D eigenvalue weighted by Gasteiger charge is 2.37. The molecule has 0 unspecified atom stereocenters. The Morgan fingerprint density at radius 2 is 2.04 bits per heavy atom. The second-order valence-corrected chi connectivity index (χ2v) is 11.3. The number of amides is 1. The lowest BCUT2D eigenvalue weighted by atomic mass is 9.90. The highest BCUT2D eigenvalue weighted by atomic mass is 32.2. The number of rotatable bonds is 2. The Balaban J connectivity index is 1.37. The summed E-state index contributed by atoms with van der Waals surface area (Å²) < 4.78 is 23.4. The van der Waals surface area contributed by atoms with Gasteiger partial charge in [-0.1, -0.05) is 6.92 Å². The number of carbonyl (C=O) groups is 1. The van der Waals surface area contributed by atoms with Crippen LogP contribution in [-0.4, -0.2) is 63.0 Å². The van der Waals surface area contributed by atoms with Crippen molar-refractivity contribution in [2.24, 2.45) is 5.92 Å². The molecule has 2 aliphatic heterocycles. The van der Waals surface area contributed by atoms with Crippen molar-refractivity contribution in [3.05, 3.63) is 21.4 Å². The van der Waals surface area contributed by atoms with E-state index >= 15 is 0 Å². The zero-order chi connectivity index (χ0) is 17.6. The third-order valence-electron chi connectivity index (χ3n) is 6.04. The van der Waals surface area contributed by atoms with Crippen molar-refractivity contribution in [2.75, 3.05) is 37.7 Å². The Labute approximate surface area is 153 Å².